The zero-order valence-corrected chi connectivity index (χ0v) is 11.5. The third kappa shape index (κ3) is 3.92. The number of carbonyl (C=O) groups excluding carboxylic acids is 1. The average molecular weight is 224 g/mol. The first-order chi connectivity index (χ1) is 7.52. The highest BCUT2D eigenvalue weighted by Gasteiger charge is 2.27. The fraction of sp³-hybridized carbons (Fsp3) is 0.933. The standard InChI is InChI=1S/C15H28O/c1-11(2)14(15(16)12(3)4)10-13-8-6-5-7-9-13/h11-14H,5-10H2,1-4H3. The van der Waals surface area contributed by atoms with Gasteiger partial charge in [-0.05, 0) is 18.3 Å². The lowest BCUT2D eigenvalue weighted by Crippen LogP contribution is -2.27. The maximum Gasteiger partial charge on any atom is 0.138 e. The van der Waals surface area contributed by atoms with Gasteiger partial charge in [0.25, 0.3) is 0 Å². The Morgan fingerprint density at radius 3 is 2.06 bits per heavy atom. The first-order valence-corrected chi connectivity index (χ1v) is 7.06. The molecule has 1 aliphatic rings. The second-order valence-electron chi connectivity index (χ2n) is 6.15. The molecule has 0 N–H and O–H groups in total. The Balaban J connectivity index is 2.53. The van der Waals surface area contributed by atoms with Crippen molar-refractivity contribution in [3.8, 4) is 0 Å². The van der Waals surface area contributed by atoms with Crippen LogP contribution >= 0.6 is 0 Å². The highest BCUT2D eigenvalue weighted by Crippen LogP contribution is 2.32. The lowest BCUT2D eigenvalue weighted by atomic mass is 9.76. The molecule has 0 spiro atoms. The van der Waals surface area contributed by atoms with E-state index in [0.717, 1.165) is 12.3 Å². The van der Waals surface area contributed by atoms with Gasteiger partial charge in [0.05, 0.1) is 0 Å². The summed E-state index contributed by atoms with van der Waals surface area (Å²) in [6.45, 7) is 8.48. The van der Waals surface area contributed by atoms with E-state index in [4.69, 9.17) is 0 Å². The molecule has 0 aliphatic heterocycles. The van der Waals surface area contributed by atoms with Crippen LogP contribution in [0.5, 0.6) is 0 Å². The van der Waals surface area contributed by atoms with E-state index in [1.54, 1.807) is 0 Å². The van der Waals surface area contributed by atoms with Crippen molar-refractivity contribution in [3.63, 3.8) is 0 Å². The minimum Gasteiger partial charge on any atom is -0.299 e. The van der Waals surface area contributed by atoms with E-state index in [0.29, 0.717) is 17.6 Å². The first-order valence-electron chi connectivity index (χ1n) is 7.06. The summed E-state index contributed by atoms with van der Waals surface area (Å²) >= 11 is 0. The monoisotopic (exact) mass is 224 g/mol. The van der Waals surface area contributed by atoms with Gasteiger partial charge in [0.2, 0.25) is 0 Å². The number of hydrogen-bond acceptors (Lipinski definition) is 1. The molecule has 0 heterocycles. The summed E-state index contributed by atoms with van der Waals surface area (Å²) in [5, 5.41) is 0. The van der Waals surface area contributed by atoms with E-state index in [-0.39, 0.29) is 5.92 Å². The van der Waals surface area contributed by atoms with Gasteiger partial charge in [0.1, 0.15) is 5.78 Å². The molecule has 1 rings (SSSR count). The number of hydrogen-bond donors (Lipinski definition) is 0. The minimum absolute atomic E-state index is 0.205. The van der Waals surface area contributed by atoms with Crippen molar-refractivity contribution in [1.29, 1.82) is 0 Å². The van der Waals surface area contributed by atoms with Crippen LogP contribution in [-0.2, 0) is 4.79 Å². The molecule has 94 valence electrons. The van der Waals surface area contributed by atoms with E-state index in [1.807, 2.05) is 13.8 Å². The lowest BCUT2D eigenvalue weighted by molar-refractivity contribution is -0.127. The molecule has 1 nitrogen and oxygen atoms in total. The summed E-state index contributed by atoms with van der Waals surface area (Å²) < 4.78 is 0. The van der Waals surface area contributed by atoms with E-state index in [1.165, 1.54) is 32.1 Å². The summed E-state index contributed by atoms with van der Waals surface area (Å²) in [4.78, 5) is 12.2. The summed E-state index contributed by atoms with van der Waals surface area (Å²) in [5.74, 6) is 2.33. The van der Waals surface area contributed by atoms with Crippen LogP contribution < -0.4 is 0 Å². The lowest BCUT2D eigenvalue weighted by Gasteiger charge is -2.28. The smallest absolute Gasteiger partial charge is 0.138 e. The quantitative estimate of drug-likeness (QED) is 0.674. The molecule has 0 aromatic carbocycles. The van der Waals surface area contributed by atoms with Crippen LogP contribution in [-0.4, -0.2) is 5.78 Å². The maximum absolute atomic E-state index is 12.2. The summed E-state index contributed by atoms with van der Waals surface area (Å²) in [6, 6.07) is 0. The van der Waals surface area contributed by atoms with Gasteiger partial charge in [-0.1, -0.05) is 59.8 Å². The Labute approximate surface area is 101 Å². The maximum atomic E-state index is 12.2. The van der Waals surface area contributed by atoms with E-state index in [2.05, 4.69) is 13.8 Å². The molecular formula is C15H28O. The van der Waals surface area contributed by atoms with Gasteiger partial charge >= 0.3 is 0 Å². The molecule has 1 saturated carbocycles. The minimum atomic E-state index is 0.205. The van der Waals surface area contributed by atoms with Crippen LogP contribution in [0.25, 0.3) is 0 Å². The molecule has 0 radical (unpaired) electrons. The SMILES string of the molecule is CC(C)C(=O)C(CC1CCCCC1)C(C)C. The van der Waals surface area contributed by atoms with Gasteiger partial charge in [0, 0.05) is 11.8 Å². The molecular weight excluding hydrogens is 196 g/mol. The average Bonchev–Trinajstić information content (AvgIpc) is 2.26. The number of Topliss-reactive ketones (excluding diaryl/α,β-unsaturated/α-hetero) is 1. The van der Waals surface area contributed by atoms with Crippen LogP contribution in [0, 0.1) is 23.7 Å². The normalized spacial score (nSPS) is 20.4. The Bertz CT molecular complexity index is 211. The van der Waals surface area contributed by atoms with Crippen molar-refractivity contribution >= 4 is 5.78 Å². The Kier molecular flexibility index (Phi) is 5.51. The van der Waals surface area contributed by atoms with Gasteiger partial charge in [-0.3, -0.25) is 4.79 Å². The van der Waals surface area contributed by atoms with Crippen LogP contribution in [0.4, 0.5) is 0 Å². The molecule has 1 aliphatic carbocycles. The van der Waals surface area contributed by atoms with Gasteiger partial charge < -0.3 is 0 Å². The fourth-order valence-electron chi connectivity index (χ4n) is 2.93. The van der Waals surface area contributed by atoms with E-state index >= 15 is 0 Å². The molecule has 1 unspecified atom stereocenters. The van der Waals surface area contributed by atoms with Gasteiger partial charge in [0.15, 0.2) is 0 Å². The number of ketones is 1. The highest BCUT2D eigenvalue weighted by atomic mass is 16.1. The van der Waals surface area contributed by atoms with E-state index < -0.39 is 0 Å². The van der Waals surface area contributed by atoms with Gasteiger partial charge in [-0.25, -0.2) is 0 Å². The molecule has 16 heavy (non-hydrogen) atoms. The fourth-order valence-corrected chi connectivity index (χ4v) is 2.93. The van der Waals surface area contributed by atoms with Crippen molar-refractivity contribution < 1.29 is 4.79 Å². The second kappa shape index (κ2) is 6.42. The van der Waals surface area contributed by atoms with Crippen molar-refractivity contribution in [3.05, 3.63) is 0 Å². The summed E-state index contributed by atoms with van der Waals surface area (Å²) in [5.41, 5.74) is 0. The van der Waals surface area contributed by atoms with Crippen LogP contribution in [0.15, 0.2) is 0 Å². The first kappa shape index (κ1) is 13.7. The zero-order valence-electron chi connectivity index (χ0n) is 11.5. The largest absolute Gasteiger partial charge is 0.299 e. The molecule has 0 aromatic heterocycles. The zero-order chi connectivity index (χ0) is 12.1. The van der Waals surface area contributed by atoms with Crippen molar-refractivity contribution in [2.24, 2.45) is 23.7 Å². The second-order valence-corrected chi connectivity index (χ2v) is 6.15. The molecule has 1 fully saturated rings. The Morgan fingerprint density at radius 1 is 1.06 bits per heavy atom. The molecule has 1 heteroatoms. The van der Waals surface area contributed by atoms with Crippen LogP contribution in [0.1, 0.15) is 66.2 Å². The number of rotatable bonds is 5. The highest BCUT2D eigenvalue weighted by molar-refractivity contribution is 5.83. The molecule has 0 amide bonds. The third-order valence-electron chi connectivity index (χ3n) is 4.05. The van der Waals surface area contributed by atoms with Crippen LogP contribution in [0.2, 0.25) is 0 Å². The predicted octanol–water partition coefficient (Wildman–Crippen LogP) is 4.45. The summed E-state index contributed by atoms with van der Waals surface area (Å²) in [6.07, 6.45) is 8.02. The predicted molar refractivity (Wildman–Crippen MR) is 69.4 cm³/mol. The van der Waals surface area contributed by atoms with Gasteiger partial charge in [-0.15, -0.1) is 0 Å². The topological polar surface area (TPSA) is 17.1 Å². The molecule has 1 atom stereocenters. The molecule has 0 aromatic rings. The number of carbonyl (C=O) groups is 1. The van der Waals surface area contributed by atoms with E-state index in [9.17, 15) is 4.79 Å². The Morgan fingerprint density at radius 2 is 1.62 bits per heavy atom. The van der Waals surface area contributed by atoms with Crippen LogP contribution in [0.3, 0.4) is 0 Å². The third-order valence-corrected chi connectivity index (χ3v) is 4.05. The van der Waals surface area contributed by atoms with Gasteiger partial charge in [-0.2, -0.15) is 0 Å². The molecule has 0 saturated heterocycles. The van der Waals surface area contributed by atoms with Crippen molar-refractivity contribution in [1.82, 2.24) is 0 Å². The Hall–Kier alpha value is -0.330. The van der Waals surface area contributed by atoms with Crippen molar-refractivity contribution in [2.75, 3.05) is 0 Å². The van der Waals surface area contributed by atoms with Crippen molar-refractivity contribution in [2.45, 2.75) is 66.2 Å². The summed E-state index contributed by atoms with van der Waals surface area (Å²) in [7, 11) is 0. The molecule has 0 bridgehead atoms.